The quantitative estimate of drug-likeness (QED) is 0.758. The molecule has 4 rings (SSSR count). The third kappa shape index (κ3) is 4.12. The lowest BCUT2D eigenvalue weighted by Gasteiger charge is -2.38. The summed E-state index contributed by atoms with van der Waals surface area (Å²) in [6.45, 7) is 1.36. The SMILES string of the molecule is COc1ccc(N2CCN(C(=O)NC3(C(F)(F)F)Oc4ccc(Cl)cc4O3)CC2)cc1. The fourth-order valence-electron chi connectivity index (χ4n) is 3.39. The summed E-state index contributed by atoms with van der Waals surface area (Å²) in [5.41, 5.74) is 0.933. The Labute approximate surface area is 181 Å². The molecule has 1 saturated heterocycles. The van der Waals surface area contributed by atoms with Crippen LogP contribution in [0.4, 0.5) is 23.7 Å². The molecule has 2 aromatic rings. The van der Waals surface area contributed by atoms with Gasteiger partial charge in [-0.15, -0.1) is 0 Å². The number of amides is 2. The van der Waals surface area contributed by atoms with Gasteiger partial charge in [-0.05, 0) is 36.4 Å². The number of ether oxygens (including phenoxy) is 3. The molecule has 0 bridgehead atoms. The monoisotopic (exact) mass is 457 g/mol. The van der Waals surface area contributed by atoms with E-state index in [-0.39, 0.29) is 29.6 Å². The van der Waals surface area contributed by atoms with Crippen molar-refractivity contribution in [3.05, 3.63) is 47.5 Å². The Morgan fingerprint density at radius 3 is 2.32 bits per heavy atom. The average molecular weight is 458 g/mol. The van der Waals surface area contributed by atoms with Crippen molar-refractivity contribution < 1.29 is 32.2 Å². The number of carbonyl (C=O) groups excluding carboxylic acids is 1. The number of fused-ring (bicyclic) bond motifs is 1. The van der Waals surface area contributed by atoms with Gasteiger partial charge in [0.2, 0.25) is 0 Å². The first-order chi connectivity index (χ1) is 14.7. The van der Waals surface area contributed by atoms with Gasteiger partial charge >= 0.3 is 18.1 Å². The summed E-state index contributed by atoms with van der Waals surface area (Å²) in [6.07, 6.45) is -5.03. The van der Waals surface area contributed by atoms with E-state index in [1.165, 1.54) is 23.1 Å². The number of alkyl halides is 3. The molecule has 0 aromatic heterocycles. The van der Waals surface area contributed by atoms with Crippen molar-refractivity contribution >= 4 is 23.3 Å². The summed E-state index contributed by atoms with van der Waals surface area (Å²) >= 11 is 5.82. The highest BCUT2D eigenvalue weighted by Gasteiger charge is 2.66. The van der Waals surface area contributed by atoms with E-state index in [4.69, 9.17) is 25.8 Å². The molecule has 11 heteroatoms. The highest BCUT2D eigenvalue weighted by molar-refractivity contribution is 6.30. The maximum Gasteiger partial charge on any atom is 0.492 e. The molecule has 0 spiro atoms. The number of anilines is 1. The van der Waals surface area contributed by atoms with Gasteiger partial charge in [-0.1, -0.05) is 11.6 Å². The Bertz CT molecular complexity index is 965. The van der Waals surface area contributed by atoms with E-state index >= 15 is 0 Å². The maximum absolute atomic E-state index is 13.8. The molecule has 0 radical (unpaired) electrons. The van der Waals surface area contributed by atoms with Gasteiger partial charge in [0.05, 0.1) is 7.11 Å². The van der Waals surface area contributed by atoms with Crippen LogP contribution in [0.1, 0.15) is 0 Å². The standard InChI is InChI=1S/C20H19ClF3N3O4/c1-29-15-5-3-14(4-6-15)26-8-10-27(11-9-26)18(28)25-20(19(22,23)24)30-16-7-2-13(21)12-17(16)31-20/h2-7,12H,8-11H2,1H3,(H,25,28). The van der Waals surface area contributed by atoms with Gasteiger partial charge in [0.25, 0.3) is 0 Å². The van der Waals surface area contributed by atoms with Crippen LogP contribution in [0.25, 0.3) is 0 Å². The normalized spacial score (nSPS) is 20.5. The third-order valence-electron chi connectivity index (χ3n) is 5.06. The molecule has 2 aliphatic rings. The topological polar surface area (TPSA) is 63.3 Å². The predicted molar refractivity (Wildman–Crippen MR) is 107 cm³/mol. The van der Waals surface area contributed by atoms with Crippen molar-refractivity contribution in [3.8, 4) is 17.2 Å². The van der Waals surface area contributed by atoms with Gasteiger partial charge in [0.15, 0.2) is 11.5 Å². The summed E-state index contributed by atoms with van der Waals surface area (Å²) < 4.78 is 56.6. The largest absolute Gasteiger partial charge is 0.497 e. The van der Waals surface area contributed by atoms with E-state index in [1.54, 1.807) is 7.11 Å². The number of benzene rings is 2. The van der Waals surface area contributed by atoms with Crippen LogP contribution in [0.15, 0.2) is 42.5 Å². The molecule has 0 saturated carbocycles. The fraction of sp³-hybridized carbons (Fsp3) is 0.350. The van der Waals surface area contributed by atoms with E-state index < -0.39 is 18.1 Å². The van der Waals surface area contributed by atoms with Crippen LogP contribution in [0.2, 0.25) is 5.02 Å². The number of piperazine rings is 1. The predicted octanol–water partition coefficient (Wildman–Crippen LogP) is 3.87. The van der Waals surface area contributed by atoms with Crippen molar-refractivity contribution in [2.45, 2.75) is 12.1 Å². The number of nitrogens with zero attached hydrogens (tertiary/aromatic N) is 2. The highest BCUT2D eigenvalue weighted by Crippen LogP contribution is 2.46. The Morgan fingerprint density at radius 2 is 1.71 bits per heavy atom. The number of rotatable bonds is 3. The van der Waals surface area contributed by atoms with E-state index in [2.05, 4.69) is 0 Å². The van der Waals surface area contributed by atoms with Crippen LogP contribution >= 0.6 is 11.6 Å². The Balaban J connectivity index is 1.42. The molecule has 7 nitrogen and oxygen atoms in total. The van der Waals surface area contributed by atoms with Crippen molar-refractivity contribution in [1.29, 1.82) is 0 Å². The van der Waals surface area contributed by atoms with E-state index in [0.29, 0.717) is 13.1 Å². The molecular formula is C20H19ClF3N3O4. The molecule has 2 amide bonds. The summed E-state index contributed by atoms with van der Waals surface area (Å²) in [4.78, 5) is 16.0. The van der Waals surface area contributed by atoms with Gasteiger partial charge < -0.3 is 24.0 Å². The molecule has 166 valence electrons. The summed E-state index contributed by atoms with van der Waals surface area (Å²) in [5, 5.41) is 2.06. The third-order valence-corrected chi connectivity index (χ3v) is 5.30. The van der Waals surface area contributed by atoms with Crippen LogP contribution in [0.5, 0.6) is 17.2 Å². The number of nitrogens with one attached hydrogen (secondary N) is 1. The van der Waals surface area contributed by atoms with E-state index in [0.717, 1.165) is 11.4 Å². The Kier molecular flexibility index (Phi) is 5.42. The van der Waals surface area contributed by atoms with Gasteiger partial charge in [-0.3, -0.25) is 5.32 Å². The van der Waals surface area contributed by atoms with Crippen LogP contribution in [-0.4, -0.2) is 56.3 Å². The fourth-order valence-corrected chi connectivity index (χ4v) is 3.56. The number of methoxy groups -OCH3 is 1. The number of hydrogen-bond acceptors (Lipinski definition) is 5. The molecule has 1 fully saturated rings. The zero-order chi connectivity index (χ0) is 22.2. The number of hydrogen-bond donors (Lipinski definition) is 1. The number of carbonyl (C=O) groups is 1. The first-order valence-electron chi connectivity index (χ1n) is 9.41. The van der Waals surface area contributed by atoms with E-state index in [9.17, 15) is 18.0 Å². The van der Waals surface area contributed by atoms with Crippen LogP contribution in [0.3, 0.4) is 0 Å². The first-order valence-corrected chi connectivity index (χ1v) is 9.79. The lowest BCUT2D eigenvalue weighted by molar-refractivity contribution is -0.318. The van der Waals surface area contributed by atoms with Crippen molar-refractivity contribution in [2.24, 2.45) is 0 Å². The minimum absolute atomic E-state index is 0.161. The van der Waals surface area contributed by atoms with Crippen molar-refractivity contribution in [2.75, 3.05) is 38.2 Å². The number of urea groups is 1. The Morgan fingerprint density at radius 1 is 1.06 bits per heavy atom. The molecule has 31 heavy (non-hydrogen) atoms. The first kappa shape index (κ1) is 21.2. The zero-order valence-electron chi connectivity index (χ0n) is 16.4. The van der Waals surface area contributed by atoms with E-state index in [1.807, 2.05) is 34.5 Å². The zero-order valence-corrected chi connectivity index (χ0v) is 17.2. The molecule has 2 aromatic carbocycles. The molecule has 1 atom stereocenters. The van der Waals surface area contributed by atoms with Crippen LogP contribution in [-0.2, 0) is 0 Å². The second-order valence-electron chi connectivity index (χ2n) is 7.01. The second-order valence-corrected chi connectivity index (χ2v) is 7.45. The molecule has 1 unspecified atom stereocenters. The van der Waals surface area contributed by atoms with Gasteiger partial charge in [0, 0.05) is 43.0 Å². The highest BCUT2D eigenvalue weighted by atomic mass is 35.5. The molecule has 0 aliphatic carbocycles. The molecule has 2 heterocycles. The van der Waals surface area contributed by atoms with Gasteiger partial charge in [-0.2, -0.15) is 13.2 Å². The van der Waals surface area contributed by atoms with Crippen molar-refractivity contribution in [3.63, 3.8) is 0 Å². The van der Waals surface area contributed by atoms with Gasteiger partial charge in [-0.25, -0.2) is 4.79 Å². The number of halogens is 4. The average Bonchev–Trinajstić information content (AvgIpc) is 3.12. The minimum Gasteiger partial charge on any atom is -0.497 e. The Hall–Kier alpha value is -3.01. The smallest absolute Gasteiger partial charge is 0.492 e. The lowest BCUT2D eigenvalue weighted by atomic mass is 10.2. The molecule has 2 aliphatic heterocycles. The summed E-state index contributed by atoms with van der Waals surface area (Å²) in [7, 11) is 1.57. The lowest BCUT2D eigenvalue weighted by Crippen LogP contribution is -2.67. The second kappa shape index (κ2) is 7.92. The van der Waals surface area contributed by atoms with Gasteiger partial charge in [0.1, 0.15) is 5.75 Å². The maximum atomic E-state index is 13.8. The van der Waals surface area contributed by atoms with Crippen LogP contribution in [0, 0.1) is 0 Å². The van der Waals surface area contributed by atoms with Crippen LogP contribution < -0.4 is 24.4 Å². The minimum atomic E-state index is -5.03. The van der Waals surface area contributed by atoms with Crippen molar-refractivity contribution in [1.82, 2.24) is 10.2 Å². The molecular weight excluding hydrogens is 439 g/mol. The summed E-state index contributed by atoms with van der Waals surface area (Å²) in [6, 6.07) is 10.3. The molecule has 1 N–H and O–H groups in total. The summed E-state index contributed by atoms with van der Waals surface area (Å²) in [5.74, 6) is -2.96.